The summed E-state index contributed by atoms with van der Waals surface area (Å²) >= 11 is 0. The molecule has 0 spiro atoms. The van der Waals surface area contributed by atoms with Gasteiger partial charge < -0.3 is 14.3 Å². The number of fused-ring (bicyclic) bond motifs is 1. The second kappa shape index (κ2) is 5.85. The molecule has 0 aliphatic rings. The standard InChI is InChI=1S/C18H15N3O2/c1-3-8-21-11-15(13-6-7-20-17(13)18(21)22)14-9-12(10-19)4-5-16(14)23-2/h3-7,9,11,20H,1,8H2,2H3. The molecule has 0 radical (unpaired) electrons. The first kappa shape index (κ1) is 14.7. The SMILES string of the molecule is C=CCn1cc(-c2cc(C#N)ccc2OC)c2cc[nH]c2c1=O. The van der Waals surface area contributed by atoms with Crippen molar-refractivity contribution in [2.24, 2.45) is 0 Å². The van der Waals surface area contributed by atoms with Gasteiger partial charge in [0.15, 0.2) is 0 Å². The van der Waals surface area contributed by atoms with Crippen LogP contribution in [-0.4, -0.2) is 16.7 Å². The molecule has 3 aromatic rings. The molecule has 5 heteroatoms. The molecule has 0 fully saturated rings. The third kappa shape index (κ3) is 2.40. The maximum Gasteiger partial charge on any atom is 0.275 e. The lowest BCUT2D eigenvalue weighted by Gasteiger charge is -2.12. The zero-order valence-electron chi connectivity index (χ0n) is 12.7. The summed E-state index contributed by atoms with van der Waals surface area (Å²) in [7, 11) is 1.58. The van der Waals surface area contributed by atoms with E-state index in [0.717, 1.165) is 16.5 Å². The van der Waals surface area contributed by atoms with Crippen molar-refractivity contribution in [2.75, 3.05) is 7.11 Å². The average molecular weight is 305 g/mol. The number of aromatic amines is 1. The Balaban J connectivity index is 2.38. The zero-order valence-corrected chi connectivity index (χ0v) is 12.7. The Labute approximate surface area is 133 Å². The van der Waals surface area contributed by atoms with E-state index in [9.17, 15) is 4.79 Å². The lowest BCUT2D eigenvalue weighted by molar-refractivity contribution is 0.416. The number of nitrogens with zero attached hydrogens (tertiary/aromatic N) is 2. The highest BCUT2D eigenvalue weighted by Gasteiger charge is 2.15. The van der Waals surface area contributed by atoms with Gasteiger partial charge in [0, 0.05) is 35.5 Å². The summed E-state index contributed by atoms with van der Waals surface area (Å²) in [6, 6.07) is 9.21. The summed E-state index contributed by atoms with van der Waals surface area (Å²) in [6.45, 7) is 4.09. The largest absolute Gasteiger partial charge is 0.496 e. The number of hydrogen-bond acceptors (Lipinski definition) is 3. The summed E-state index contributed by atoms with van der Waals surface area (Å²) in [5.41, 5.74) is 2.55. The van der Waals surface area contributed by atoms with Crippen molar-refractivity contribution >= 4 is 10.9 Å². The minimum atomic E-state index is -0.107. The Morgan fingerprint density at radius 3 is 2.91 bits per heavy atom. The van der Waals surface area contributed by atoms with Crippen molar-refractivity contribution < 1.29 is 4.74 Å². The number of rotatable bonds is 4. The molecular weight excluding hydrogens is 290 g/mol. The van der Waals surface area contributed by atoms with Gasteiger partial charge in [-0.15, -0.1) is 6.58 Å². The minimum absolute atomic E-state index is 0.107. The van der Waals surface area contributed by atoms with Gasteiger partial charge in [-0.1, -0.05) is 6.08 Å². The highest BCUT2D eigenvalue weighted by atomic mass is 16.5. The lowest BCUT2D eigenvalue weighted by atomic mass is 10.0. The molecule has 0 saturated heterocycles. The predicted molar refractivity (Wildman–Crippen MR) is 89.5 cm³/mol. The van der Waals surface area contributed by atoms with Crippen LogP contribution in [0.2, 0.25) is 0 Å². The van der Waals surface area contributed by atoms with Gasteiger partial charge in [-0.05, 0) is 24.3 Å². The fourth-order valence-electron chi connectivity index (χ4n) is 2.68. The normalized spacial score (nSPS) is 10.4. The number of ether oxygens (including phenoxy) is 1. The summed E-state index contributed by atoms with van der Waals surface area (Å²) < 4.78 is 7.01. The van der Waals surface area contributed by atoms with Crippen LogP contribution in [0, 0.1) is 11.3 Å². The third-order valence-electron chi connectivity index (χ3n) is 3.74. The van der Waals surface area contributed by atoms with Crippen LogP contribution in [0.25, 0.3) is 22.0 Å². The molecular formula is C18H15N3O2. The molecule has 23 heavy (non-hydrogen) atoms. The Kier molecular flexibility index (Phi) is 3.73. The van der Waals surface area contributed by atoms with Crippen LogP contribution < -0.4 is 10.3 Å². The quantitative estimate of drug-likeness (QED) is 0.753. The van der Waals surface area contributed by atoms with Crippen LogP contribution in [0.4, 0.5) is 0 Å². The van der Waals surface area contributed by atoms with Crippen LogP contribution in [-0.2, 0) is 6.54 Å². The van der Waals surface area contributed by atoms with E-state index in [0.29, 0.717) is 23.4 Å². The van der Waals surface area contributed by atoms with E-state index in [1.54, 1.807) is 48.3 Å². The Morgan fingerprint density at radius 2 is 2.22 bits per heavy atom. The van der Waals surface area contributed by atoms with Crippen LogP contribution >= 0.6 is 0 Å². The van der Waals surface area contributed by atoms with E-state index in [1.165, 1.54) is 0 Å². The Bertz CT molecular complexity index is 990. The summed E-state index contributed by atoms with van der Waals surface area (Å²) in [4.78, 5) is 15.4. The number of nitrogens with one attached hydrogen (secondary N) is 1. The molecule has 114 valence electrons. The van der Waals surface area contributed by atoms with E-state index >= 15 is 0 Å². The lowest BCUT2D eigenvalue weighted by Crippen LogP contribution is -2.19. The predicted octanol–water partition coefficient (Wildman–Crippen LogP) is 3.06. The van der Waals surface area contributed by atoms with Crippen molar-refractivity contribution in [2.45, 2.75) is 6.54 Å². The van der Waals surface area contributed by atoms with Gasteiger partial charge in [0.2, 0.25) is 0 Å². The molecule has 1 N–H and O–H groups in total. The Hall–Kier alpha value is -3.26. The van der Waals surface area contributed by atoms with Crippen molar-refractivity contribution in [3.05, 3.63) is 65.2 Å². The van der Waals surface area contributed by atoms with E-state index in [2.05, 4.69) is 17.6 Å². The molecule has 5 nitrogen and oxygen atoms in total. The number of aromatic nitrogens is 2. The van der Waals surface area contributed by atoms with E-state index in [1.807, 2.05) is 6.07 Å². The number of hydrogen-bond donors (Lipinski definition) is 1. The molecule has 0 saturated carbocycles. The third-order valence-corrected chi connectivity index (χ3v) is 3.74. The van der Waals surface area contributed by atoms with Crippen molar-refractivity contribution in [3.63, 3.8) is 0 Å². The molecule has 0 aliphatic carbocycles. The average Bonchev–Trinajstić information content (AvgIpc) is 3.07. The van der Waals surface area contributed by atoms with Gasteiger partial charge in [0.1, 0.15) is 11.3 Å². The summed E-state index contributed by atoms with van der Waals surface area (Å²) in [5.74, 6) is 0.648. The second-order valence-corrected chi connectivity index (χ2v) is 5.08. The van der Waals surface area contributed by atoms with Gasteiger partial charge in [-0.3, -0.25) is 4.79 Å². The summed E-state index contributed by atoms with van der Waals surface area (Å²) in [5, 5.41) is 9.96. The molecule has 0 aliphatic heterocycles. The Morgan fingerprint density at radius 1 is 1.39 bits per heavy atom. The second-order valence-electron chi connectivity index (χ2n) is 5.08. The maximum atomic E-state index is 12.4. The molecule has 2 heterocycles. The van der Waals surface area contributed by atoms with Crippen molar-refractivity contribution in [1.82, 2.24) is 9.55 Å². The summed E-state index contributed by atoms with van der Waals surface area (Å²) in [6.07, 6.45) is 5.18. The van der Waals surface area contributed by atoms with Crippen LogP contribution in [0.15, 0.2) is 54.1 Å². The minimum Gasteiger partial charge on any atom is -0.496 e. The fraction of sp³-hybridized carbons (Fsp3) is 0.111. The number of H-pyrrole nitrogens is 1. The number of allylic oxidation sites excluding steroid dienone is 1. The smallest absolute Gasteiger partial charge is 0.275 e. The molecule has 0 atom stereocenters. The van der Waals surface area contributed by atoms with E-state index in [4.69, 9.17) is 10.00 Å². The number of methoxy groups -OCH3 is 1. The fourth-order valence-corrected chi connectivity index (χ4v) is 2.68. The van der Waals surface area contributed by atoms with Gasteiger partial charge in [0.25, 0.3) is 5.56 Å². The first-order valence-electron chi connectivity index (χ1n) is 7.09. The zero-order chi connectivity index (χ0) is 16.4. The van der Waals surface area contributed by atoms with Gasteiger partial charge >= 0.3 is 0 Å². The number of nitriles is 1. The molecule has 3 rings (SSSR count). The monoisotopic (exact) mass is 305 g/mol. The molecule has 1 aromatic carbocycles. The molecule has 0 amide bonds. The first-order chi connectivity index (χ1) is 11.2. The first-order valence-corrected chi connectivity index (χ1v) is 7.09. The van der Waals surface area contributed by atoms with Crippen molar-refractivity contribution in [3.8, 4) is 22.9 Å². The van der Waals surface area contributed by atoms with Crippen LogP contribution in [0.3, 0.4) is 0 Å². The van der Waals surface area contributed by atoms with Crippen LogP contribution in [0.5, 0.6) is 5.75 Å². The van der Waals surface area contributed by atoms with Crippen molar-refractivity contribution in [1.29, 1.82) is 5.26 Å². The van der Waals surface area contributed by atoms with Gasteiger partial charge in [0.05, 0.1) is 18.7 Å². The highest BCUT2D eigenvalue weighted by Crippen LogP contribution is 2.34. The van der Waals surface area contributed by atoms with Gasteiger partial charge in [-0.25, -0.2) is 0 Å². The maximum absolute atomic E-state index is 12.4. The number of pyridine rings is 1. The molecule has 0 bridgehead atoms. The van der Waals surface area contributed by atoms with E-state index in [-0.39, 0.29) is 5.56 Å². The molecule has 0 unspecified atom stereocenters. The topological polar surface area (TPSA) is 70.8 Å². The molecule has 2 aromatic heterocycles. The van der Waals surface area contributed by atoms with Crippen LogP contribution in [0.1, 0.15) is 5.56 Å². The van der Waals surface area contributed by atoms with Gasteiger partial charge in [-0.2, -0.15) is 5.26 Å². The van der Waals surface area contributed by atoms with E-state index < -0.39 is 0 Å². The number of benzene rings is 1. The highest BCUT2D eigenvalue weighted by molar-refractivity contribution is 5.96.